The summed E-state index contributed by atoms with van der Waals surface area (Å²) in [6, 6.07) is 0.475. The number of carbonyl (C=O) groups is 1. The van der Waals surface area contributed by atoms with Crippen LogP contribution in [0, 0.1) is 17.8 Å². The first kappa shape index (κ1) is 14.8. The fourth-order valence-corrected chi connectivity index (χ4v) is 3.73. The van der Waals surface area contributed by atoms with E-state index < -0.39 is 0 Å². The largest absolute Gasteiger partial charge is 0.353 e. The van der Waals surface area contributed by atoms with Crippen LogP contribution in [-0.2, 0) is 4.79 Å². The van der Waals surface area contributed by atoms with Crippen molar-refractivity contribution in [3.63, 3.8) is 0 Å². The first-order valence-corrected chi connectivity index (χ1v) is 8.16. The van der Waals surface area contributed by atoms with E-state index >= 15 is 0 Å². The van der Waals surface area contributed by atoms with Gasteiger partial charge < -0.3 is 11.1 Å². The average Bonchev–Trinajstić information content (AvgIpc) is 2.42. The van der Waals surface area contributed by atoms with Gasteiger partial charge in [-0.1, -0.05) is 20.3 Å². The van der Waals surface area contributed by atoms with Crippen LogP contribution in [0.1, 0.15) is 65.2 Å². The number of hydrogen-bond acceptors (Lipinski definition) is 2. The van der Waals surface area contributed by atoms with E-state index in [4.69, 9.17) is 5.73 Å². The van der Waals surface area contributed by atoms with E-state index in [1.54, 1.807) is 0 Å². The molecule has 3 N–H and O–H groups in total. The molecule has 2 saturated carbocycles. The third-order valence-corrected chi connectivity index (χ3v) is 5.27. The Hall–Kier alpha value is -0.570. The van der Waals surface area contributed by atoms with E-state index in [9.17, 15) is 4.79 Å². The van der Waals surface area contributed by atoms with Crippen LogP contribution in [0.5, 0.6) is 0 Å². The second-order valence-electron chi connectivity index (χ2n) is 6.82. The fraction of sp³-hybridized carbons (Fsp3) is 0.938. The molecule has 19 heavy (non-hydrogen) atoms. The molecule has 2 aliphatic rings. The number of hydrogen-bond donors (Lipinski definition) is 2. The maximum atomic E-state index is 12.4. The summed E-state index contributed by atoms with van der Waals surface area (Å²) in [6.45, 7) is 4.50. The zero-order valence-corrected chi connectivity index (χ0v) is 12.5. The van der Waals surface area contributed by atoms with Gasteiger partial charge in [-0.3, -0.25) is 4.79 Å². The molecule has 0 aromatic rings. The lowest BCUT2D eigenvalue weighted by Crippen LogP contribution is -2.48. The minimum Gasteiger partial charge on any atom is -0.353 e. The molecule has 0 bridgehead atoms. The molecule has 3 unspecified atom stereocenters. The smallest absolute Gasteiger partial charge is 0.224 e. The van der Waals surface area contributed by atoms with Crippen molar-refractivity contribution in [2.45, 2.75) is 77.3 Å². The molecule has 0 spiro atoms. The predicted octanol–water partition coefficient (Wildman–Crippen LogP) is 2.83. The van der Waals surface area contributed by atoms with Crippen LogP contribution in [0.2, 0.25) is 0 Å². The zero-order chi connectivity index (χ0) is 13.8. The second kappa shape index (κ2) is 6.74. The van der Waals surface area contributed by atoms with Gasteiger partial charge in [0.1, 0.15) is 0 Å². The normalized spacial score (nSPS) is 39.8. The summed E-state index contributed by atoms with van der Waals surface area (Å²) in [7, 11) is 0. The molecular formula is C16H30N2O. The van der Waals surface area contributed by atoms with Crippen molar-refractivity contribution in [2.75, 3.05) is 0 Å². The maximum absolute atomic E-state index is 12.4. The molecule has 3 atom stereocenters. The summed E-state index contributed by atoms with van der Waals surface area (Å²) in [5, 5.41) is 3.27. The number of rotatable bonds is 3. The van der Waals surface area contributed by atoms with Gasteiger partial charge in [-0.2, -0.15) is 0 Å². The lowest BCUT2D eigenvalue weighted by molar-refractivity contribution is -0.128. The molecule has 0 radical (unpaired) electrons. The van der Waals surface area contributed by atoms with Crippen LogP contribution >= 0.6 is 0 Å². The van der Waals surface area contributed by atoms with E-state index in [-0.39, 0.29) is 17.9 Å². The quantitative estimate of drug-likeness (QED) is 0.825. The van der Waals surface area contributed by atoms with Crippen LogP contribution in [0.25, 0.3) is 0 Å². The van der Waals surface area contributed by atoms with Gasteiger partial charge in [-0.25, -0.2) is 0 Å². The van der Waals surface area contributed by atoms with Gasteiger partial charge in [0, 0.05) is 12.1 Å². The highest BCUT2D eigenvalue weighted by Gasteiger charge is 2.33. The highest BCUT2D eigenvalue weighted by molar-refractivity contribution is 5.79. The summed E-state index contributed by atoms with van der Waals surface area (Å²) < 4.78 is 0. The van der Waals surface area contributed by atoms with Crippen molar-refractivity contribution in [3.8, 4) is 0 Å². The Morgan fingerprint density at radius 3 is 2.47 bits per heavy atom. The van der Waals surface area contributed by atoms with Crippen molar-refractivity contribution in [2.24, 2.45) is 23.5 Å². The molecule has 2 aliphatic carbocycles. The third-order valence-electron chi connectivity index (χ3n) is 5.27. The topological polar surface area (TPSA) is 55.1 Å². The predicted molar refractivity (Wildman–Crippen MR) is 78.7 cm³/mol. The monoisotopic (exact) mass is 266 g/mol. The van der Waals surface area contributed by atoms with Crippen LogP contribution in [0.15, 0.2) is 0 Å². The van der Waals surface area contributed by atoms with Gasteiger partial charge in [0.05, 0.1) is 5.92 Å². The molecule has 0 aromatic carbocycles. The Balaban J connectivity index is 1.80. The van der Waals surface area contributed by atoms with Crippen molar-refractivity contribution in [1.82, 2.24) is 5.32 Å². The molecule has 110 valence electrons. The SMILES string of the molecule is CCC1CCC(NC(=O)C2CC(C)CCC2N)CC1. The molecule has 2 fully saturated rings. The van der Waals surface area contributed by atoms with E-state index in [1.807, 2.05) is 0 Å². The van der Waals surface area contributed by atoms with Crippen molar-refractivity contribution < 1.29 is 4.79 Å². The van der Waals surface area contributed by atoms with Gasteiger partial charge in [-0.15, -0.1) is 0 Å². The van der Waals surface area contributed by atoms with Crippen LogP contribution in [0.4, 0.5) is 0 Å². The first-order valence-electron chi connectivity index (χ1n) is 8.16. The number of amides is 1. The fourth-order valence-electron chi connectivity index (χ4n) is 3.73. The number of nitrogens with two attached hydrogens (primary N) is 1. The van der Waals surface area contributed by atoms with Crippen LogP contribution < -0.4 is 11.1 Å². The maximum Gasteiger partial charge on any atom is 0.224 e. The van der Waals surface area contributed by atoms with Gasteiger partial charge in [-0.05, 0) is 56.8 Å². The van der Waals surface area contributed by atoms with E-state index in [2.05, 4.69) is 19.2 Å². The van der Waals surface area contributed by atoms with Gasteiger partial charge in [0.15, 0.2) is 0 Å². The minimum atomic E-state index is 0.0487. The molecule has 0 aliphatic heterocycles. The van der Waals surface area contributed by atoms with Crippen molar-refractivity contribution in [1.29, 1.82) is 0 Å². The van der Waals surface area contributed by atoms with E-state index in [0.29, 0.717) is 12.0 Å². The first-order chi connectivity index (χ1) is 9.10. The molecule has 2 rings (SSSR count). The number of nitrogens with one attached hydrogen (secondary N) is 1. The molecule has 0 aromatic heterocycles. The number of carbonyl (C=O) groups excluding carboxylic acids is 1. The average molecular weight is 266 g/mol. The third kappa shape index (κ3) is 3.95. The second-order valence-corrected chi connectivity index (χ2v) is 6.82. The Morgan fingerprint density at radius 2 is 1.84 bits per heavy atom. The Kier molecular flexibility index (Phi) is 5.26. The Bertz CT molecular complexity index is 297. The summed E-state index contributed by atoms with van der Waals surface area (Å²) >= 11 is 0. The summed E-state index contributed by atoms with van der Waals surface area (Å²) in [5.74, 6) is 1.79. The highest BCUT2D eigenvalue weighted by atomic mass is 16.2. The van der Waals surface area contributed by atoms with Crippen LogP contribution in [-0.4, -0.2) is 18.0 Å². The van der Waals surface area contributed by atoms with Crippen molar-refractivity contribution >= 4 is 5.91 Å². The summed E-state index contributed by atoms with van der Waals surface area (Å²) in [5.41, 5.74) is 6.13. The summed E-state index contributed by atoms with van der Waals surface area (Å²) in [4.78, 5) is 12.4. The van der Waals surface area contributed by atoms with Gasteiger partial charge in [0.25, 0.3) is 0 Å². The van der Waals surface area contributed by atoms with E-state index in [1.165, 1.54) is 25.7 Å². The highest BCUT2D eigenvalue weighted by Crippen LogP contribution is 2.30. The minimum absolute atomic E-state index is 0.0487. The Labute approximate surface area is 117 Å². The molecule has 3 nitrogen and oxygen atoms in total. The lowest BCUT2D eigenvalue weighted by Gasteiger charge is -2.34. The van der Waals surface area contributed by atoms with E-state index in [0.717, 1.165) is 31.6 Å². The van der Waals surface area contributed by atoms with Gasteiger partial charge in [0.2, 0.25) is 5.91 Å². The molecule has 3 heteroatoms. The van der Waals surface area contributed by atoms with Crippen LogP contribution in [0.3, 0.4) is 0 Å². The molecular weight excluding hydrogens is 236 g/mol. The Morgan fingerprint density at radius 1 is 1.16 bits per heavy atom. The zero-order valence-electron chi connectivity index (χ0n) is 12.5. The molecule has 0 heterocycles. The lowest BCUT2D eigenvalue weighted by atomic mass is 9.78. The standard InChI is InChI=1S/C16H30N2O/c1-3-12-5-7-13(8-6-12)18-16(19)14-10-11(2)4-9-15(14)17/h11-15H,3-10,17H2,1-2H3,(H,18,19). The van der Waals surface area contributed by atoms with Gasteiger partial charge >= 0.3 is 0 Å². The van der Waals surface area contributed by atoms with Crippen molar-refractivity contribution in [3.05, 3.63) is 0 Å². The summed E-state index contributed by atoms with van der Waals surface area (Å²) in [6.07, 6.45) is 9.28. The molecule has 0 saturated heterocycles. The molecule has 1 amide bonds.